The largest absolute Gasteiger partial charge is 0.458 e. The fraction of sp³-hybridized carbons (Fsp3) is 0.308. The molecule has 0 aliphatic heterocycles. The number of benzene rings is 1. The second-order valence-electron chi connectivity index (χ2n) is 4.23. The number of carbonyl (C=O) groups excluding carboxylic acids is 1. The van der Waals surface area contributed by atoms with Crippen LogP contribution in [0.5, 0.6) is 0 Å². The molecule has 1 amide bonds. The predicted octanol–water partition coefficient (Wildman–Crippen LogP) is 1.75. The average Bonchev–Trinajstić information content (AvgIpc) is 2.87. The number of fused-ring (bicyclic) bond motifs is 1. The average molecular weight is 318 g/mol. The first-order chi connectivity index (χ1) is 9.52. The van der Waals surface area contributed by atoms with Gasteiger partial charge in [0.2, 0.25) is 0 Å². The fourth-order valence-corrected chi connectivity index (χ4v) is 1.94. The van der Waals surface area contributed by atoms with E-state index in [0.29, 0.717) is 5.58 Å². The molecule has 1 aromatic heterocycles. The number of halogens is 2. The SMILES string of the molecule is O=C(N[C@H](CO)[C@@H](O)c1cc2ccccc2o1)C(Cl)Cl. The summed E-state index contributed by atoms with van der Waals surface area (Å²) in [6.07, 6.45) is -1.21. The van der Waals surface area contributed by atoms with Gasteiger partial charge in [0.1, 0.15) is 17.4 Å². The number of carbonyl (C=O) groups is 1. The van der Waals surface area contributed by atoms with Gasteiger partial charge in [0, 0.05) is 5.39 Å². The van der Waals surface area contributed by atoms with Gasteiger partial charge in [-0.2, -0.15) is 0 Å². The molecule has 0 unspecified atom stereocenters. The molecule has 0 aliphatic rings. The third-order valence-electron chi connectivity index (χ3n) is 2.84. The van der Waals surface area contributed by atoms with Gasteiger partial charge in [-0.05, 0) is 12.1 Å². The Bertz CT molecular complexity index is 566. The normalized spacial score (nSPS) is 14.4. The molecular formula is C13H13Cl2NO4. The van der Waals surface area contributed by atoms with Crippen LogP contribution in [-0.2, 0) is 4.79 Å². The Labute approximate surface area is 125 Å². The molecule has 0 saturated heterocycles. The maximum absolute atomic E-state index is 11.4. The zero-order valence-electron chi connectivity index (χ0n) is 10.3. The summed E-state index contributed by atoms with van der Waals surface area (Å²) < 4.78 is 5.48. The van der Waals surface area contributed by atoms with Gasteiger partial charge in [-0.15, -0.1) is 0 Å². The minimum Gasteiger partial charge on any atom is -0.458 e. The monoisotopic (exact) mass is 317 g/mol. The van der Waals surface area contributed by atoms with Crippen LogP contribution in [0, 0.1) is 0 Å². The Hall–Kier alpha value is -1.27. The van der Waals surface area contributed by atoms with Crippen LogP contribution < -0.4 is 5.32 Å². The Kier molecular flexibility index (Phi) is 4.88. The molecule has 2 aromatic rings. The van der Waals surface area contributed by atoms with Crippen molar-refractivity contribution in [1.29, 1.82) is 0 Å². The Morgan fingerprint density at radius 2 is 2.05 bits per heavy atom. The van der Waals surface area contributed by atoms with Gasteiger partial charge < -0.3 is 19.9 Å². The summed E-state index contributed by atoms with van der Waals surface area (Å²) in [6.45, 7) is -0.482. The van der Waals surface area contributed by atoms with Gasteiger partial charge in [-0.1, -0.05) is 41.4 Å². The van der Waals surface area contributed by atoms with Crippen LogP contribution in [0.15, 0.2) is 34.7 Å². The molecule has 7 heteroatoms. The zero-order valence-corrected chi connectivity index (χ0v) is 11.8. The third-order valence-corrected chi connectivity index (χ3v) is 3.24. The lowest BCUT2D eigenvalue weighted by molar-refractivity contribution is -0.121. The highest BCUT2D eigenvalue weighted by Crippen LogP contribution is 2.25. The number of para-hydroxylation sites is 1. The zero-order chi connectivity index (χ0) is 14.7. The van der Waals surface area contributed by atoms with E-state index in [1.54, 1.807) is 18.2 Å². The molecule has 0 spiro atoms. The molecule has 0 saturated carbocycles. The highest BCUT2D eigenvalue weighted by molar-refractivity contribution is 6.53. The van der Waals surface area contributed by atoms with E-state index in [1.807, 2.05) is 12.1 Å². The number of hydrogen-bond donors (Lipinski definition) is 3. The van der Waals surface area contributed by atoms with E-state index in [-0.39, 0.29) is 5.76 Å². The number of furan rings is 1. The molecule has 1 aromatic carbocycles. The van der Waals surface area contributed by atoms with Crippen LogP contribution in [-0.4, -0.2) is 33.6 Å². The molecule has 0 aliphatic carbocycles. The third kappa shape index (κ3) is 3.24. The number of amides is 1. The molecule has 1 heterocycles. The number of rotatable bonds is 5. The molecule has 20 heavy (non-hydrogen) atoms. The lowest BCUT2D eigenvalue weighted by Gasteiger charge is -2.20. The smallest absolute Gasteiger partial charge is 0.253 e. The second kappa shape index (κ2) is 6.45. The molecule has 2 rings (SSSR count). The van der Waals surface area contributed by atoms with Gasteiger partial charge in [0.25, 0.3) is 5.91 Å². The Balaban J connectivity index is 2.19. The summed E-state index contributed by atoms with van der Waals surface area (Å²) in [5.74, 6) is -0.450. The second-order valence-corrected chi connectivity index (χ2v) is 5.33. The summed E-state index contributed by atoms with van der Waals surface area (Å²) in [6, 6.07) is 7.92. The standard InChI is InChI=1S/C13H13Cl2NO4/c14-12(15)13(19)16-8(6-17)11(18)10-5-7-3-1-2-4-9(7)20-10/h1-5,8,11-12,17-18H,6H2,(H,16,19)/t8-,11-/m1/s1. The molecule has 0 radical (unpaired) electrons. The van der Waals surface area contributed by atoms with Gasteiger partial charge >= 0.3 is 0 Å². The van der Waals surface area contributed by atoms with Crippen molar-refractivity contribution < 1.29 is 19.4 Å². The van der Waals surface area contributed by atoms with Crippen LogP contribution in [0.4, 0.5) is 0 Å². The lowest BCUT2D eigenvalue weighted by Crippen LogP contribution is -2.44. The van der Waals surface area contributed by atoms with Crippen molar-refractivity contribution in [2.45, 2.75) is 17.0 Å². The summed E-state index contributed by atoms with van der Waals surface area (Å²) in [5, 5.41) is 22.6. The molecule has 0 bridgehead atoms. The number of aliphatic hydroxyl groups excluding tert-OH is 2. The van der Waals surface area contributed by atoms with Crippen molar-refractivity contribution >= 4 is 40.1 Å². The van der Waals surface area contributed by atoms with Crippen molar-refractivity contribution in [2.24, 2.45) is 0 Å². The van der Waals surface area contributed by atoms with Gasteiger partial charge in [0.15, 0.2) is 4.84 Å². The first-order valence-electron chi connectivity index (χ1n) is 5.89. The van der Waals surface area contributed by atoms with E-state index in [9.17, 15) is 15.0 Å². The summed E-state index contributed by atoms with van der Waals surface area (Å²) in [5.41, 5.74) is 0.608. The first-order valence-corrected chi connectivity index (χ1v) is 6.76. The molecular weight excluding hydrogens is 305 g/mol. The highest BCUT2D eigenvalue weighted by Gasteiger charge is 2.26. The molecule has 108 valence electrons. The van der Waals surface area contributed by atoms with Crippen molar-refractivity contribution in [1.82, 2.24) is 5.32 Å². The number of aliphatic hydroxyl groups is 2. The Morgan fingerprint density at radius 3 is 2.65 bits per heavy atom. The number of hydrogen-bond acceptors (Lipinski definition) is 4. The quantitative estimate of drug-likeness (QED) is 0.734. The fourth-order valence-electron chi connectivity index (χ4n) is 1.82. The van der Waals surface area contributed by atoms with E-state index >= 15 is 0 Å². The van der Waals surface area contributed by atoms with Crippen molar-refractivity contribution in [3.8, 4) is 0 Å². The molecule has 0 fully saturated rings. The number of alkyl halides is 2. The van der Waals surface area contributed by atoms with E-state index in [1.165, 1.54) is 0 Å². The van der Waals surface area contributed by atoms with E-state index in [4.69, 9.17) is 27.6 Å². The van der Waals surface area contributed by atoms with Gasteiger partial charge in [-0.3, -0.25) is 4.79 Å². The molecule has 3 N–H and O–H groups in total. The molecule has 2 atom stereocenters. The van der Waals surface area contributed by atoms with E-state index < -0.39 is 29.5 Å². The summed E-state index contributed by atoms with van der Waals surface area (Å²) >= 11 is 10.8. The van der Waals surface area contributed by atoms with E-state index in [2.05, 4.69) is 5.32 Å². The predicted molar refractivity (Wildman–Crippen MR) is 75.7 cm³/mol. The minimum atomic E-state index is -1.27. The van der Waals surface area contributed by atoms with Gasteiger partial charge in [0.05, 0.1) is 12.6 Å². The maximum Gasteiger partial charge on any atom is 0.253 e. The van der Waals surface area contributed by atoms with Crippen LogP contribution in [0.25, 0.3) is 11.0 Å². The van der Waals surface area contributed by atoms with Crippen molar-refractivity contribution in [3.63, 3.8) is 0 Å². The molecule has 5 nitrogen and oxygen atoms in total. The highest BCUT2D eigenvalue weighted by atomic mass is 35.5. The summed E-state index contributed by atoms with van der Waals surface area (Å²) in [4.78, 5) is 10.1. The van der Waals surface area contributed by atoms with Crippen LogP contribution >= 0.6 is 23.2 Å². The minimum absolute atomic E-state index is 0.242. The summed E-state index contributed by atoms with van der Waals surface area (Å²) in [7, 11) is 0. The van der Waals surface area contributed by atoms with E-state index in [0.717, 1.165) is 5.39 Å². The first kappa shape index (κ1) is 15.1. The Morgan fingerprint density at radius 1 is 1.35 bits per heavy atom. The lowest BCUT2D eigenvalue weighted by atomic mass is 10.1. The topological polar surface area (TPSA) is 82.7 Å². The van der Waals surface area contributed by atoms with Crippen LogP contribution in [0.3, 0.4) is 0 Å². The maximum atomic E-state index is 11.4. The van der Waals surface area contributed by atoms with Crippen molar-refractivity contribution in [3.05, 3.63) is 36.1 Å². The van der Waals surface area contributed by atoms with Crippen LogP contribution in [0.1, 0.15) is 11.9 Å². The number of nitrogens with one attached hydrogen (secondary N) is 1. The van der Waals surface area contributed by atoms with Crippen molar-refractivity contribution in [2.75, 3.05) is 6.61 Å². The van der Waals surface area contributed by atoms with Crippen LogP contribution in [0.2, 0.25) is 0 Å². The van der Waals surface area contributed by atoms with Gasteiger partial charge in [-0.25, -0.2) is 0 Å².